The Kier molecular flexibility index (Phi) is 3.65. The Morgan fingerprint density at radius 2 is 2.35 bits per heavy atom. The zero-order valence-electron chi connectivity index (χ0n) is 10.5. The number of nitrogens with one attached hydrogen (secondary N) is 1. The summed E-state index contributed by atoms with van der Waals surface area (Å²) in [6, 6.07) is 8.10. The maximum absolute atomic E-state index is 9.08. The van der Waals surface area contributed by atoms with Gasteiger partial charge in [-0.2, -0.15) is 5.26 Å². The first-order chi connectivity index (χ1) is 8.20. The van der Waals surface area contributed by atoms with Gasteiger partial charge in [0.2, 0.25) is 0 Å². The molecule has 0 amide bonds. The number of hydrogen-bond acceptors (Lipinski definition) is 3. The van der Waals surface area contributed by atoms with Crippen LogP contribution in [-0.2, 0) is 0 Å². The van der Waals surface area contributed by atoms with Gasteiger partial charge in [0.05, 0.1) is 11.3 Å². The lowest BCUT2D eigenvalue weighted by molar-refractivity contribution is 0.399. The predicted molar refractivity (Wildman–Crippen MR) is 70.0 cm³/mol. The van der Waals surface area contributed by atoms with E-state index >= 15 is 0 Å². The summed E-state index contributed by atoms with van der Waals surface area (Å²) < 4.78 is 0. The van der Waals surface area contributed by atoms with Crippen LogP contribution in [-0.4, -0.2) is 31.6 Å². The third-order valence-electron chi connectivity index (χ3n) is 3.45. The normalized spacial score (nSPS) is 20.2. The standard InChI is InChI=1S/C14H19N3/c1-11-4-3-5-13(8-15)14(11)16-9-12-6-7-17(2)10-12/h3-5,12,16H,6-7,9-10H2,1-2H3. The van der Waals surface area contributed by atoms with E-state index in [2.05, 4.69) is 23.3 Å². The number of aryl methyl sites for hydroxylation is 1. The van der Waals surface area contributed by atoms with Gasteiger partial charge in [-0.25, -0.2) is 0 Å². The van der Waals surface area contributed by atoms with Crippen LogP contribution in [0.1, 0.15) is 17.5 Å². The van der Waals surface area contributed by atoms with E-state index in [-0.39, 0.29) is 0 Å². The van der Waals surface area contributed by atoms with Crippen molar-refractivity contribution >= 4 is 5.69 Å². The molecule has 1 atom stereocenters. The molecule has 1 fully saturated rings. The van der Waals surface area contributed by atoms with Gasteiger partial charge in [0.1, 0.15) is 6.07 Å². The summed E-state index contributed by atoms with van der Waals surface area (Å²) in [5.41, 5.74) is 2.90. The van der Waals surface area contributed by atoms with Crippen LogP contribution in [0.15, 0.2) is 18.2 Å². The Bertz CT molecular complexity index is 434. The second kappa shape index (κ2) is 5.20. The van der Waals surface area contributed by atoms with Gasteiger partial charge in [-0.15, -0.1) is 0 Å². The second-order valence-corrected chi connectivity index (χ2v) is 4.91. The molecule has 1 aromatic rings. The fourth-order valence-electron chi connectivity index (χ4n) is 2.43. The predicted octanol–water partition coefficient (Wildman–Crippen LogP) is 2.23. The van der Waals surface area contributed by atoms with Crippen LogP contribution in [0.4, 0.5) is 5.69 Å². The van der Waals surface area contributed by atoms with Crippen molar-refractivity contribution in [2.45, 2.75) is 13.3 Å². The quantitative estimate of drug-likeness (QED) is 0.864. The van der Waals surface area contributed by atoms with Gasteiger partial charge in [0.15, 0.2) is 0 Å². The first-order valence-corrected chi connectivity index (χ1v) is 6.13. The van der Waals surface area contributed by atoms with Crippen molar-refractivity contribution in [3.8, 4) is 6.07 Å². The van der Waals surface area contributed by atoms with E-state index in [1.54, 1.807) is 0 Å². The molecule has 1 aliphatic rings. The molecule has 0 aromatic heterocycles. The van der Waals surface area contributed by atoms with Gasteiger partial charge in [-0.3, -0.25) is 0 Å². The van der Waals surface area contributed by atoms with Crippen molar-refractivity contribution in [1.82, 2.24) is 4.90 Å². The minimum atomic E-state index is 0.700. The van der Waals surface area contributed by atoms with Crippen LogP contribution >= 0.6 is 0 Å². The minimum absolute atomic E-state index is 0.700. The molecule has 0 bridgehead atoms. The molecule has 0 saturated carbocycles. The van der Waals surface area contributed by atoms with Crippen molar-refractivity contribution in [2.24, 2.45) is 5.92 Å². The molecule has 1 saturated heterocycles. The Labute approximate surface area is 103 Å². The number of nitrogens with zero attached hydrogens (tertiary/aromatic N) is 2. The van der Waals surface area contributed by atoms with Crippen LogP contribution in [0.2, 0.25) is 0 Å². The van der Waals surface area contributed by atoms with Gasteiger partial charge in [-0.1, -0.05) is 12.1 Å². The second-order valence-electron chi connectivity index (χ2n) is 4.91. The monoisotopic (exact) mass is 229 g/mol. The van der Waals surface area contributed by atoms with Crippen LogP contribution in [0, 0.1) is 24.2 Å². The Balaban J connectivity index is 2.02. The van der Waals surface area contributed by atoms with Gasteiger partial charge in [-0.05, 0) is 44.5 Å². The van der Waals surface area contributed by atoms with E-state index in [0.29, 0.717) is 5.92 Å². The number of likely N-dealkylation sites (tertiary alicyclic amines) is 1. The summed E-state index contributed by atoms with van der Waals surface area (Å²) in [7, 11) is 2.16. The first kappa shape index (κ1) is 11.9. The number of benzene rings is 1. The van der Waals surface area contributed by atoms with E-state index in [0.717, 1.165) is 29.9 Å². The molecule has 0 radical (unpaired) electrons. The summed E-state index contributed by atoms with van der Waals surface area (Å²) in [5, 5.41) is 12.5. The molecule has 1 aliphatic heterocycles. The molecule has 1 unspecified atom stereocenters. The van der Waals surface area contributed by atoms with Crippen LogP contribution in [0.5, 0.6) is 0 Å². The molecular weight excluding hydrogens is 210 g/mol. The lowest BCUT2D eigenvalue weighted by Crippen LogP contribution is -2.19. The summed E-state index contributed by atoms with van der Waals surface area (Å²) in [4.78, 5) is 2.36. The molecule has 0 spiro atoms. The smallest absolute Gasteiger partial charge is 0.101 e. The van der Waals surface area contributed by atoms with Crippen LogP contribution in [0.25, 0.3) is 0 Å². The lowest BCUT2D eigenvalue weighted by Gasteiger charge is -2.15. The van der Waals surface area contributed by atoms with Crippen molar-refractivity contribution in [3.63, 3.8) is 0 Å². The molecule has 3 heteroatoms. The van der Waals surface area contributed by atoms with Crippen LogP contribution < -0.4 is 5.32 Å². The molecule has 1 N–H and O–H groups in total. The minimum Gasteiger partial charge on any atom is -0.383 e. The molecule has 0 aliphatic carbocycles. The van der Waals surface area contributed by atoms with E-state index in [9.17, 15) is 0 Å². The average Bonchev–Trinajstić information content (AvgIpc) is 2.73. The topological polar surface area (TPSA) is 39.1 Å². The van der Waals surface area contributed by atoms with Gasteiger partial charge >= 0.3 is 0 Å². The maximum Gasteiger partial charge on any atom is 0.101 e. The highest BCUT2D eigenvalue weighted by Crippen LogP contribution is 2.21. The summed E-state index contributed by atoms with van der Waals surface area (Å²) in [6.07, 6.45) is 1.25. The van der Waals surface area contributed by atoms with Gasteiger partial charge < -0.3 is 10.2 Å². The van der Waals surface area contributed by atoms with Crippen molar-refractivity contribution in [1.29, 1.82) is 5.26 Å². The van der Waals surface area contributed by atoms with Crippen LogP contribution in [0.3, 0.4) is 0 Å². The highest BCUT2D eigenvalue weighted by atomic mass is 15.1. The highest BCUT2D eigenvalue weighted by molar-refractivity contribution is 5.62. The first-order valence-electron chi connectivity index (χ1n) is 6.13. The molecule has 90 valence electrons. The maximum atomic E-state index is 9.08. The Morgan fingerprint density at radius 1 is 1.53 bits per heavy atom. The molecule has 3 nitrogen and oxygen atoms in total. The third kappa shape index (κ3) is 2.78. The molecule has 1 heterocycles. The largest absolute Gasteiger partial charge is 0.383 e. The van der Waals surface area contributed by atoms with E-state index in [1.807, 2.05) is 25.1 Å². The number of anilines is 1. The lowest BCUT2D eigenvalue weighted by atomic mass is 10.1. The molecule has 17 heavy (non-hydrogen) atoms. The van der Waals surface area contributed by atoms with E-state index < -0.39 is 0 Å². The fraction of sp³-hybridized carbons (Fsp3) is 0.500. The van der Waals surface area contributed by atoms with Gasteiger partial charge in [0.25, 0.3) is 0 Å². The molecule has 2 rings (SSSR count). The zero-order chi connectivity index (χ0) is 12.3. The number of para-hydroxylation sites is 1. The van der Waals surface area contributed by atoms with E-state index in [4.69, 9.17) is 5.26 Å². The number of rotatable bonds is 3. The Hall–Kier alpha value is -1.53. The summed E-state index contributed by atoms with van der Waals surface area (Å²) in [6.45, 7) is 5.35. The summed E-state index contributed by atoms with van der Waals surface area (Å²) >= 11 is 0. The number of nitriles is 1. The third-order valence-corrected chi connectivity index (χ3v) is 3.45. The Morgan fingerprint density at radius 3 is 3.00 bits per heavy atom. The SMILES string of the molecule is Cc1cccc(C#N)c1NCC1CCN(C)C1. The van der Waals surface area contributed by atoms with E-state index in [1.165, 1.54) is 13.0 Å². The molecule has 1 aromatic carbocycles. The number of hydrogen-bond donors (Lipinski definition) is 1. The summed E-state index contributed by atoms with van der Waals surface area (Å²) in [5.74, 6) is 0.700. The van der Waals surface area contributed by atoms with Crippen molar-refractivity contribution in [3.05, 3.63) is 29.3 Å². The van der Waals surface area contributed by atoms with Crippen molar-refractivity contribution < 1.29 is 0 Å². The van der Waals surface area contributed by atoms with Gasteiger partial charge in [0, 0.05) is 13.1 Å². The highest BCUT2D eigenvalue weighted by Gasteiger charge is 2.19. The molecular formula is C14H19N3. The zero-order valence-corrected chi connectivity index (χ0v) is 10.5. The average molecular weight is 229 g/mol. The van der Waals surface area contributed by atoms with Crippen molar-refractivity contribution in [2.75, 3.05) is 32.0 Å². The fourth-order valence-corrected chi connectivity index (χ4v) is 2.43.